The fourth-order valence-corrected chi connectivity index (χ4v) is 1.73. The molecule has 2 N–H and O–H groups in total. The molecular formula is C12H11F2N3O2. The van der Waals surface area contributed by atoms with Gasteiger partial charge in [0.15, 0.2) is 0 Å². The van der Waals surface area contributed by atoms with Crippen molar-refractivity contribution in [2.24, 2.45) is 4.99 Å². The van der Waals surface area contributed by atoms with Crippen LogP contribution in [0.25, 0.3) is 0 Å². The number of nitrogens with one attached hydrogen (secondary N) is 2. The summed E-state index contributed by atoms with van der Waals surface area (Å²) in [6, 6.07) is 4.82. The lowest BCUT2D eigenvalue weighted by Gasteiger charge is -2.09. The van der Waals surface area contributed by atoms with Crippen molar-refractivity contribution in [2.75, 3.05) is 7.05 Å². The first-order valence-corrected chi connectivity index (χ1v) is 5.45. The van der Waals surface area contributed by atoms with Gasteiger partial charge in [-0.05, 0) is 17.7 Å². The number of benzene rings is 1. The lowest BCUT2D eigenvalue weighted by molar-refractivity contribution is 0.0965. The third-order valence-corrected chi connectivity index (χ3v) is 2.65. The molecule has 7 heteroatoms. The molecule has 0 aliphatic carbocycles. The number of rotatable bonds is 2. The molecule has 0 saturated carbocycles. The van der Waals surface area contributed by atoms with Gasteiger partial charge in [-0.25, -0.2) is 0 Å². The average Bonchev–Trinajstić information content (AvgIpc) is 2.77. The number of halogens is 2. The van der Waals surface area contributed by atoms with E-state index in [1.165, 1.54) is 13.1 Å². The van der Waals surface area contributed by atoms with Gasteiger partial charge in [0.05, 0.1) is 0 Å². The van der Waals surface area contributed by atoms with Crippen LogP contribution in [0, 0.1) is 5.41 Å². The molecule has 1 aliphatic heterocycles. The van der Waals surface area contributed by atoms with Crippen LogP contribution in [0.3, 0.4) is 0 Å². The maximum atomic E-state index is 12.3. The summed E-state index contributed by atoms with van der Waals surface area (Å²) in [6.45, 7) is 0.445. The Morgan fingerprint density at radius 2 is 2.26 bits per heavy atom. The molecule has 1 heterocycles. The van der Waals surface area contributed by atoms with Crippen molar-refractivity contribution in [3.05, 3.63) is 34.9 Å². The largest absolute Gasteiger partial charge is 0.419 e. The number of amides is 1. The van der Waals surface area contributed by atoms with E-state index >= 15 is 0 Å². The first kappa shape index (κ1) is 13.1. The molecule has 0 fully saturated rings. The number of aliphatic imine (C=N–C) groups is 1. The van der Waals surface area contributed by atoms with Crippen LogP contribution in [-0.2, 0) is 11.3 Å². The van der Waals surface area contributed by atoms with Crippen LogP contribution in [0.1, 0.15) is 21.5 Å². The Bertz CT molecular complexity index is 570. The van der Waals surface area contributed by atoms with Crippen molar-refractivity contribution >= 4 is 17.7 Å². The second-order valence-corrected chi connectivity index (χ2v) is 3.85. The average molecular weight is 267 g/mol. The number of hydrogen-bond donors (Lipinski definition) is 2. The van der Waals surface area contributed by atoms with E-state index in [4.69, 9.17) is 10.1 Å². The van der Waals surface area contributed by atoms with Crippen LogP contribution >= 0.6 is 0 Å². The van der Waals surface area contributed by atoms with Gasteiger partial charge in [0.2, 0.25) is 5.90 Å². The van der Waals surface area contributed by atoms with Gasteiger partial charge in [-0.15, -0.1) is 0 Å². The predicted octanol–water partition coefficient (Wildman–Crippen LogP) is 1.57. The van der Waals surface area contributed by atoms with Gasteiger partial charge in [0.25, 0.3) is 11.8 Å². The molecule has 0 spiro atoms. The Hall–Kier alpha value is -2.31. The van der Waals surface area contributed by atoms with Crippen LogP contribution in [0.15, 0.2) is 23.2 Å². The van der Waals surface area contributed by atoms with Gasteiger partial charge < -0.3 is 10.1 Å². The molecule has 0 bridgehead atoms. The zero-order chi connectivity index (χ0) is 14.0. The molecule has 19 heavy (non-hydrogen) atoms. The van der Waals surface area contributed by atoms with Gasteiger partial charge >= 0.3 is 6.43 Å². The Balaban J connectivity index is 2.28. The van der Waals surface area contributed by atoms with Crippen LogP contribution in [0.5, 0.6) is 0 Å². The van der Waals surface area contributed by atoms with Crippen molar-refractivity contribution in [2.45, 2.75) is 13.0 Å². The highest BCUT2D eigenvalue weighted by atomic mass is 19.3. The lowest BCUT2D eigenvalue weighted by atomic mass is 10.1. The minimum absolute atomic E-state index is 0.118. The summed E-state index contributed by atoms with van der Waals surface area (Å²) in [5.41, 5.74) is 1.67. The van der Waals surface area contributed by atoms with E-state index in [0.29, 0.717) is 17.7 Å². The highest BCUT2D eigenvalue weighted by molar-refractivity contribution is 6.05. The van der Waals surface area contributed by atoms with Crippen molar-refractivity contribution in [1.29, 1.82) is 5.41 Å². The molecule has 1 aromatic rings. The van der Waals surface area contributed by atoms with Crippen molar-refractivity contribution < 1.29 is 18.3 Å². The minimum Gasteiger partial charge on any atom is -0.419 e. The van der Waals surface area contributed by atoms with Crippen molar-refractivity contribution in [3.8, 4) is 0 Å². The summed E-state index contributed by atoms with van der Waals surface area (Å²) in [4.78, 5) is 15.2. The number of alkyl halides is 2. The van der Waals surface area contributed by atoms with Gasteiger partial charge in [0, 0.05) is 24.7 Å². The Labute approximate surface area is 107 Å². The van der Waals surface area contributed by atoms with Crippen LogP contribution in [0.2, 0.25) is 0 Å². The van der Waals surface area contributed by atoms with Gasteiger partial charge in [0.1, 0.15) is 0 Å². The van der Waals surface area contributed by atoms with Gasteiger partial charge in [-0.2, -0.15) is 8.78 Å². The zero-order valence-corrected chi connectivity index (χ0v) is 10.0. The summed E-state index contributed by atoms with van der Waals surface area (Å²) in [5.74, 6) is -1.52. The SMILES string of the molecule is C/N=C(\OC(=N)C(F)F)c1ccc2c(c1)C(=O)NC2. The smallest absolute Gasteiger partial charge is 0.312 e. The van der Waals surface area contributed by atoms with Crippen molar-refractivity contribution in [3.63, 3.8) is 0 Å². The zero-order valence-electron chi connectivity index (χ0n) is 10.0. The van der Waals surface area contributed by atoms with E-state index < -0.39 is 12.3 Å². The molecule has 0 unspecified atom stereocenters. The molecule has 2 rings (SSSR count). The van der Waals surface area contributed by atoms with Crippen LogP contribution in [-0.4, -0.2) is 31.2 Å². The molecule has 1 amide bonds. The van der Waals surface area contributed by atoms with E-state index in [0.717, 1.165) is 5.56 Å². The third-order valence-electron chi connectivity index (χ3n) is 2.65. The summed E-state index contributed by atoms with van der Waals surface area (Å²) in [5, 5.41) is 9.63. The molecule has 0 aromatic heterocycles. The summed E-state index contributed by atoms with van der Waals surface area (Å²) in [7, 11) is 1.36. The highest BCUT2D eigenvalue weighted by Crippen LogP contribution is 2.18. The number of carbonyl (C=O) groups is 1. The molecule has 0 saturated heterocycles. The monoisotopic (exact) mass is 267 g/mol. The fourth-order valence-electron chi connectivity index (χ4n) is 1.73. The second kappa shape index (κ2) is 5.13. The molecular weight excluding hydrogens is 256 g/mol. The highest BCUT2D eigenvalue weighted by Gasteiger charge is 2.22. The quantitative estimate of drug-likeness (QED) is 0.630. The van der Waals surface area contributed by atoms with Gasteiger partial charge in [-0.3, -0.25) is 15.2 Å². The summed E-state index contributed by atoms with van der Waals surface area (Å²) >= 11 is 0. The minimum atomic E-state index is -3.01. The standard InChI is InChI=1S/C12H11F2N3O2/c1-16-12(19-10(15)9(13)14)6-2-3-7-5-17-11(18)8(7)4-6/h2-4,9,15H,5H2,1H3,(H,17,18)/b15-10?,16-12-. The maximum Gasteiger partial charge on any atom is 0.312 e. The second-order valence-electron chi connectivity index (χ2n) is 3.85. The Morgan fingerprint density at radius 3 is 2.89 bits per heavy atom. The molecule has 5 nitrogen and oxygen atoms in total. The van der Waals surface area contributed by atoms with E-state index in [1.807, 2.05) is 0 Å². The maximum absolute atomic E-state index is 12.3. The number of ether oxygens (including phenoxy) is 1. The number of carbonyl (C=O) groups excluding carboxylic acids is 1. The number of fused-ring (bicyclic) bond motifs is 1. The lowest BCUT2D eigenvalue weighted by Crippen LogP contribution is -2.19. The first-order valence-electron chi connectivity index (χ1n) is 5.45. The normalized spacial score (nSPS) is 14.3. The topological polar surface area (TPSA) is 74.5 Å². The molecule has 100 valence electrons. The molecule has 0 radical (unpaired) electrons. The third kappa shape index (κ3) is 2.59. The summed E-state index contributed by atoms with van der Waals surface area (Å²) < 4.78 is 29.2. The van der Waals surface area contributed by atoms with Crippen LogP contribution in [0.4, 0.5) is 8.78 Å². The Kier molecular flexibility index (Phi) is 3.55. The molecule has 1 aliphatic rings. The Morgan fingerprint density at radius 1 is 1.53 bits per heavy atom. The van der Waals surface area contributed by atoms with E-state index in [9.17, 15) is 13.6 Å². The van der Waals surface area contributed by atoms with Crippen LogP contribution < -0.4 is 5.32 Å². The molecule has 1 aromatic carbocycles. The number of nitrogens with zero attached hydrogens (tertiary/aromatic N) is 1. The van der Waals surface area contributed by atoms with E-state index in [-0.39, 0.29) is 11.8 Å². The fraction of sp³-hybridized carbons (Fsp3) is 0.250. The van der Waals surface area contributed by atoms with Crippen molar-refractivity contribution in [1.82, 2.24) is 5.32 Å². The summed E-state index contributed by atoms with van der Waals surface area (Å²) in [6.07, 6.45) is -3.01. The molecule has 0 atom stereocenters. The van der Waals surface area contributed by atoms with Gasteiger partial charge in [-0.1, -0.05) is 6.07 Å². The van der Waals surface area contributed by atoms with E-state index in [1.54, 1.807) is 12.1 Å². The predicted molar refractivity (Wildman–Crippen MR) is 64.9 cm³/mol. The van der Waals surface area contributed by atoms with E-state index in [2.05, 4.69) is 10.3 Å². The number of hydrogen-bond acceptors (Lipinski definition) is 4. The first-order chi connectivity index (χ1) is 9.02.